The molecule has 19 heavy (non-hydrogen) atoms. The molecule has 0 aliphatic carbocycles. The van der Waals surface area contributed by atoms with Crippen LogP contribution < -0.4 is 5.73 Å². The Hall–Kier alpha value is -2.04. The van der Waals surface area contributed by atoms with Crippen LogP contribution >= 0.6 is 11.6 Å². The summed E-state index contributed by atoms with van der Waals surface area (Å²) in [7, 11) is 0. The van der Waals surface area contributed by atoms with Crippen molar-refractivity contribution in [3.63, 3.8) is 0 Å². The van der Waals surface area contributed by atoms with E-state index in [-0.39, 0.29) is 5.28 Å². The summed E-state index contributed by atoms with van der Waals surface area (Å²) in [6.45, 7) is 0. The lowest BCUT2D eigenvalue weighted by Gasteiger charge is -2.13. The van der Waals surface area contributed by atoms with E-state index in [1.54, 1.807) is 6.20 Å². The van der Waals surface area contributed by atoms with Crippen molar-refractivity contribution in [3.8, 4) is 0 Å². The first kappa shape index (κ1) is 12.0. The van der Waals surface area contributed by atoms with Gasteiger partial charge < -0.3 is 5.73 Å². The number of nitrogens with zero attached hydrogens (tertiary/aromatic N) is 3. The molecule has 2 N–H and O–H groups in total. The molecule has 1 unspecified atom stereocenters. The molecule has 5 heteroatoms. The topological polar surface area (TPSA) is 64.7 Å². The van der Waals surface area contributed by atoms with Gasteiger partial charge in [-0.3, -0.25) is 4.98 Å². The van der Waals surface area contributed by atoms with E-state index in [2.05, 4.69) is 15.0 Å². The molecule has 0 saturated heterocycles. The highest BCUT2D eigenvalue weighted by atomic mass is 35.5. The third-order valence-electron chi connectivity index (χ3n) is 2.91. The second-order valence-corrected chi connectivity index (χ2v) is 4.47. The van der Waals surface area contributed by atoms with Gasteiger partial charge in [-0.1, -0.05) is 24.3 Å². The molecule has 0 saturated carbocycles. The molecule has 3 rings (SSSR count). The predicted octanol–water partition coefficient (Wildman–Crippen LogP) is 2.73. The molecule has 0 radical (unpaired) electrons. The molecule has 2 aromatic heterocycles. The predicted molar refractivity (Wildman–Crippen MR) is 74.8 cm³/mol. The highest BCUT2D eigenvalue weighted by Crippen LogP contribution is 2.24. The summed E-state index contributed by atoms with van der Waals surface area (Å²) < 4.78 is 0. The number of benzene rings is 1. The maximum absolute atomic E-state index is 6.24. The second-order valence-electron chi connectivity index (χ2n) is 4.13. The Bertz CT molecular complexity index is 715. The summed E-state index contributed by atoms with van der Waals surface area (Å²) in [4.78, 5) is 12.7. The van der Waals surface area contributed by atoms with Crippen molar-refractivity contribution in [3.05, 3.63) is 65.3 Å². The Kier molecular flexibility index (Phi) is 3.11. The first-order valence-electron chi connectivity index (χ1n) is 5.84. The smallest absolute Gasteiger partial charge is 0.223 e. The van der Waals surface area contributed by atoms with Crippen molar-refractivity contribution in [2.75, 3.05) is 0 Å². The maximum atomic E-state index is 6.24. The molecule has 0 amide bonds. The van der Waals surface area contributed by atoms with Gasteiger partial charge in [0.2, 0.25) is 5.28 Å². The van der Waals surface area contributed by atoms with Crippen LogP contribution in [0.3, 0.4) is 0 Å². The number of nitrogens with two attached hydrogens (primary N) is 1. The van der Waals surface area contributed by atoms with Crippen LogP contribution in [0.15, 0.2) is 48.7 Å². The Labute approximate surface area is 115 Å². The summed E-state index contributed by atoms with van der Waals surface area (Å²) in [5.74, 6) is 0. The minimum atomic E-state index is -0.424. The number of hydrogen-bond donors (Lipinski definition) is 1. The Morgan fingerprint density at radius 2 is 1.79 bits per heavy atom. The minimum absolute atomic E-state index is 0.195. The Morgan fingerprint density at radius 1 is 1.00 bits per heavy atom. The normalized spacial score (nSPS) is 12.5. The van der Waals surface area contributed by atoms with Crippen LogP contribution in [0.25, 0.3) is 10.9 Å². The van der Waals surface area contributed by atoms with Crippen LogP contribution in [-0.2, 0) is 0 Å². The SMILES string of the molecule is NC(c1ccccn1)c1nc(Cl)nc2ccccc12. The summed E-state index contributed by atoms with van der Waals surface area (Å²) in [6.07, 6.45) is 1.71. The van der Waals surface area contributed by atoms with Gasteiger partial charge in [0.05, 0.1) is 22.9 Å². The van der Waals surface area contributed by atoms with Crippen LogP contribution in [0.5, 0.6) is 0 Å². The van der Waals surface area contributed by atoms with Crippen molar-refractivity contribution < 1.29 is 0 Å². The fourth-order valence-electron chi connectivity index (χ4n) is 2.01. The summed E-state index contributed by atoms with van der Waals surface area (Å²) in [5, 5.41) is 1.09. The van der Waals surface area contributed by atoms with Crippen molar-refractivity contribution in [1.29, 1.82) is 0 Å². The van der Waals surface area contributed by atoms with Gasteiger partial charge in [-0.05, 0) is 29.8 Å². The number of halogens is 1. The third-order valence-corrected chi connectivity index (χ3v) is 3.08. The third kappa shape index (κ3) is 2.28. The molecule has 1 aromatic carbocycles. The molecule has 2 heterocycles. The van der Waals surface area contributed by atoms with Crippen LogP contribution in [0.2, 0.25) is 5.28 Å². The van der Waals surface area contributed by atoms with Crippen LogP contribution in [-0.4, -0.2) is 15.0 Å². The van der Waals surface area contributed by atoms with E-state index >= 15 is 0 Å². The van der Waals surface area contributed by atoms with Crippen LogP contribution in [0.1, 0.15) is 17.4 Å². The molecular weight excluding hydrogens is 260 g/mol. The average molecular weight is 271 g/mol. The number of fused-ring (bicyclic) bond motifs is 1. The summed E-state index contributed by atoms with van der Waals surface area (Å²) >= 11 is 5.96. The number of rotatable bonds is 2. The lowest BCUT2D eigenvalue weighted by molar-refractivity contribution is 0.800. The number of para-hydroxylation sites is 1. The Morgan fingerprint density at radius 3 is 2.58 bits per heavy atom. The lowest BCUT2D eigenvalue weighted by atomic mass is 10.1. The quantitative estimate of drug-likeness (QED) is 0.727. The van der Waals surface area contributed by atoms with Gasteiger partial charge in [0.25, 0.3) is 0 Å². The minimum Gasteiger partial charge on any atom is -0.318 e. The van der Waals surface area contributed by atoms with E-state index in [4.69, 9.17) is 17.3 Å². The number of hydrogen-bond acceptors (Lipinski definition) is 4. The van der Waals surface area contributed by atoms with Gasteiger partial charge in [-0.25, -0.2) is 9.97 Å². The zero-order valence-corrected chi connectivity index (χ0v) is 10.7. The lowest BCUT2D eigenvalue weighted by Crippen LogP contribution is -2.16. The van der Waals surface area contributed by atoms with E-state index in [9.17, 15) is 0 Å². The highest BCUT2D eigenvalue weighted by Gasteiger charge is 2.16. The standard InChI is InChI=1S/C14H11ClN4/c15-14-18-10-6-2-1-5-9(10)13(19-14)12(16)11-7-3-4-8-17-11/h1-8,12H,16H2. The van der Waals surface area contributed by atoms with Crippen LogP contribution in [0.4, 0.5) is 0 Å². The zero-order valence-electron chi connectivity index (χ0n) is 9.99. The molecule has 0 spiro atoms. The second kappa shape index (κ2) is 4.91. The molecular formula is C14H11ClN4. The van der Waals surface area contributed by atoms with Gasteiger partial charge in [-0.2, -0.15) is 0 Å². The molecule has 1 atom stereocenters. The molecule has 4 nitrogen and oxygen atoms in total. The molecule has 0 aliphatic rings. The summed E-state index contributed by atoms with van der Waals surface area (Å²) in [5.41, 5.74) is 8.46. The van der Waals surface area contributed by atoms with Crippen LogP contribution in [0, 0.1) is 0 Å². The molecule has 94 valence electrons. The van der Waals surface area contributed by atoms with E-state index in [0.29, 0.717) is 5.69 Å². The van der Waals surface area contributed by atoms with Crippen molar-refractivity contribution in [2.24, 2.45) is 5.73 Å². The van der Waals surface area contributed by atoms with Gasteiger partial charge in [0.15, 0.2) is 0 Å². The van der Waals surface area contributed by atoms with E-state index in [1.807, 2.05) is 42.5 Å². The molecule has 3 aromatic rings. The average Bonchev–Trinajstić information content (AvgIpc) is 2.46. The molecule has 0 aliphatic heterocycles. The molecule has 0 bridgehead atoms. The highest BCUT2D eigenvalue weighted by molar-refractivity contribution is 6.28. The number of pyridine rings is 1. The zero-order chi connectivity index (χ0) is 13.2. The van der Waals surface area contributed by atoms with Crippen molar-refractivity contribution >= 4 is 22.5 Å². The first-order valence-corrected chi connectivity index (χ1v) is 6.22. The van der Waals surface area contributed by atoms with Crippen molar-refractivity contribution in [1.82, 2.24) is 15.0 Å². The van der Waals surface area contributed by atoms with Gasteiger partial charge >= 0.3 is 0 Å². The Balaban J connectivity index is 2.19. The number of aromatic nitrogens is 3. The maximum Gasteiger partial charge on any atom is 0.223 e. The van der Waals surface area contributed by atoms with E-state index in [1.165, 1.54) is 0 Å². The van der Waals surface area contributed by atoms with Gasteiger partial charge in [0.1, 0.15) is 0 Å². The van der Waals surface area contributed by atoms with Crippen molar-refractivity contribution in [2.45, 2.75) is 6.04 Å². The fourth-order valence-corrected chi connectivity index (χ4v) is 2.19. The largest absolute Gasteiger partial charge is 0.318 e. The summed E-state index contributed by atoms with van der Waals surface area (Å²) in [6, 6.07) is 12.8. The van der Waals surface area contributed by atoms with Gasteiger partial charge in [-0.15, -0.1) is 0 Å². The van der Waals surface area contributed by atoms with E-state index < -0.39 is 6.04 Å². The fraction of sp³-hybridized carbons (Fsp3) is 0.0714. The van der Waals surface area contributed by atoms with E-state index in [0.717, 1.165) is 16.6 Å². The van der Waals surface area contributed by atoms with Gasteiger partial charge in [0, 0.05) is 11.6 Å². The first-order chi connectivity index (χ1) is 9.25. The molecule has 0 fully saturated rings. The monoisotopic (exact) mass is 270 g/mol.